The molecular formula is C12H21N5O3. The Kier molecular flexibility index (Phi) is 6.65. The quantitative estimate of drug-likeness (QED) is 0.652. The van der Waals surface area contributed by atoms with Crippen LogP contribution in [0.4, 0.5) is 0 Å². The average molecular weight is 283 g/mol. The molecule has 2 N–H and O–H groups in total. The van der Waals surface area contributed by atoms with Crippen molar-refractivity contribution >= 4 is 11.9 Å². The van der Waals surface area contributed by atoms with Gasteiger partial charge in [-0.15, -0.1) is 5.10 Å². The van der Waals surface area contributed by atoms with E-state index in [2.05, 4.69) is 34.4 Å². The Morgan fingerprint density at radius 1 is 1.40 bits per heavy atom. The molecule has 0 fully saturated rings. The Labute approximate surface area is 117 Å². The summed E-state index contributed by atoms with van der Waals surface area (Å²) in [6, 6.07) is 0. The van der Waals surface area contributed by atoms with Gasteiger partial charge in [-0.3, -0.25) is 9.59 Å². The molecule has 0 saturated heterocycles. The van der Waals surface area contributed by atoms with E-state index in [1.165, 1.54) is 6.20 Å². The monoisotopic (exact) mass is 283 g/mol. The highest BCUT2D eigenvalue weighted by atomic mass is 16.4. The smallest absolute Gasteiger partial charge is 0.325 e. The van der Waals surface area contributed by atoms with Gasteiger partial charge < -0.3 is 15.3 Å². The second-order valence-electron chi connectivity index (χ2n) is 4.39. The van der Waals surface area contributed by atoms with Crippen molar-refractivity contribution in [2.75, 3.05) is 26.2 Å². The molecule has 8 heteroatoms. The van der Waals surface area contributed by atoms with Crippen LogP contribution in [0.25, 0.3) is 0 Å². The fourth-order valence-corrected chi connectivity index (χ4v) is 1.78. The van der Waals surface area contributed by atoms with Crippen molar-refractivity contribution in [2.24, 2.45) is 0 Å². The number of aliphatic carboxylic acids is 1. The molecule has 0 aliphatic heterocycles. The molecule has 0 unspecified atom stereocenters. The number of rotatable bonds is 9. The van der Waals surface area contributed by atoms with Crippen LogP contribution in [0.2, 0.25) is 0 Å². The summed E-state index contributed by atoms with van der Waals surface area (Å²) >= 11 is 0. The summed E-state index contributed by atoms with van der Waals surface area (Å²) in [5, 5.41) is 18.6. The summed E-state index contributed by atoms with van der Waals surface area (Å²) in [5.74, 6) is -1.37. The minimum Gasteiger partial charge on any atom is -0.480 e. The maximum Gasteiger partial charge on any atom is 0.325 e. The van der Waals surface area contributed by atoms with Gasteiger partial charge in [0.05, 0.1) is 6.20 Å². The highest BCUT2D eigenvalue weighted by Gasteiger charge is 2.11. The molecule has 0 aliphatic carbocycles. The fraction of sp³-hybridized carbons (Fsp3) is 0.667. The summed E-state index contributed by atoms with van der Waals surface area (Å²) in [5.41, 5.74) is 0.129. The number of carboxylic acids is 1. The van der Waals surface area contributed by atoms with Crippen LogP contribution < -0.4 is 5.32 Å². The van der Waals surface area contributed by atoms with Crippen LogP contribution in [0.3, 0.4) is 0 Å². The van der Waals surface area contributed by atoms with Crippen LogP contribution in [0.1, 0.15) is 30.8 Å². The van der Waals surface area contributed by atoms with Gasteiger partial charge >= 0.3 is 5.97 Å². The van der Waals surface area contributed by atoms with Crippen molar-refractivity contribution in [3.63, 3.8) is 0 Å². The topological polar surface area (TPSA) is 100 Å². The van der Waals surface area contributed by atoms with E-state index in [9.17, 15) is 9.59 Å². The fourth-order valence-electron chi connectivity index (χ4n) is 1.78. The van der Waals surface area contributed by atoms with Crippen molar-refractivity contribution in [2.45, 2.75) is 26.8 Å². The second-order valence-corrected chi connectivity index (χ2v) is 4.39. The zero-order valence-corrected chi connectivity index (χ0v) is 11.9. The minimum absolute atomic E-state index is 0.129. The summed E-state index contributed by atoms with van der Waals surface area (Å²) < 4.78 is 1.12. The number of hydrogen-bond donors (Lipinski definition) is 2. The maximum atomic E-state index is 11.8. The molecule has 1 rings (SSSR count). The number of amides is 1. The lowest BCUT2D eigenvalue weighted by molar-refractivity contribution is -0.137. The van der Waals surface area contributed by atoms with E-state index >= 15 is 0 Å². The molecule has 1 heterocycles. The summed E-state index contributed by atoms with van der Waals surface area (Å²) in [6.45, 7) is 7.13. The first kappa shape index (κ1) is 16.1. The first-order chi connectivity index (χ1) is 9.56. The number of carboxylic acid groups (broad SMARTS) is 1. The van der Waals surface area contributed by atoms with Crippen LogP contribution in [0.5, 0.6) is 0 Å². The molecule has 0 aromatic carbocycles. The lowest BCUT2D eigenvalue weighted by atomic mass is 10.4. The number of carbonyl (C=O) groups is 2. The zero-order valence-electron chi connectivity index (χ0n) is 11.9. The third kappa shape index (κ3) is 5.35. The van der Waals surface area contributed by atoms with Crippen LogP contribution in [0.15, 0.2) is 6.20 Å². The van der Waals surface area contributed by atoms with Crippen molar-refractivity contribution in [1.29, 1.82) is 0 Å². The molecule has 1 aromatic heterocycles. The number of carbonyl (C=O) groups excluding carboxylic acids is 1. The SMILES string of the molecule is CCCN(CC)CCNC(=O)c1cn(CC(=O)O)nn1. The van der Waals surface area contributed by atoms with Gasteiger partial charge in [0.2, 0.25) is 0 Å². The van der Waals surface area contributed by atoms with E-state index in [0.717, 1.165) is 30.7 Å². The van der Waals surface area contributed by atoms with E-state index in [1.807, 2.05) is 0 Å². The highest BCUT2D eigenvalue weighted by molar-refractivity contribution is 5.91. The maximum absolute atomic E-state index is 11.8. The molecular weight excluding hydrogens is 262 g/mol. The van der Waals surface area contributed by atoms with Crippen LogP contribution in [-0.2, 0) is 11.3 Å². The van der Waals surface area contributed by atoms with Crippen molar-refractivity contribution < 1.29 is 14.7 Å². The number of likely N-dealkylation sites (N-methyl/N-ethyl adjacent to an activating group) is 1. The van der Waals surface area contributed by atoms with Crippen LogP contribution in [-0.4, -0.2) is 63.1 Å². The molecule has 0 radical (unpaired) electrons. The van der Waals surface area contributed by atoms with Gasteiger partial charge in [0.15, 0.2) is 5.69 Å². The first-order valence-electron chi connectivity index (χ1n) is 6.69. The molecule has 8 nitrogen and oxygen atoms in total. The molecule has 20 heavy (non-hydrogen) atoms. The Morgan fingerprint density at radius 2 is 2.15 bits per heavy atom. The third-order valence-electron chi connectivity index (χ3n) is 2.77. The Bertz CT molecular complexity index is 446. The van der Waals surface area contributed by atoms with E-state index in [0.29, 0.717) is 6.54 Å². The van der Waals surface area contributed by atoms with Crippen molar-refractivity contribution in [1.82, 2.24) is 25.2 Å². The number of hydrogen-bond acceptors (Lipinski definition) is 5. The van der Waals surface area contributed by atoms with Crippen LogP contribution >= 0.6 is 0 Å². The van der Waals surface area contributed by atoms with E-state index < -0.39 is 5.97 Å². The largest absolute Gasteiger partial charge is 0.480 e. The van der Waals surface area contributed by atoms with E-state index in [-0.39, 0.29) is 18.1 Å². The standard InChI is InChI=1S/C12H21N5O3/c1-3-6-16(4-2)7-5-13-12(20)10-8-17(15-14-10)9-11(18)19/h8H,3-7,9H2,1-2H3,(H,13,20)(H,18,19). The van der Waals surface area contributed by atoms with Crippen molar-refractivity contribution in [3.05, 3.63) is 11.9 Å². The average Bonchev–Trinajstić information content (AvgIpc) is 2.85. The third-order valence-corrected chi connectivity index (χ3v) is 2.77. The van der Waals surface area contributed by atoms with Crippen LogP contribution in [0, 0.1) is 0 Å². The van der Waals surface area contributed by atoms with Gasteiger partial charge in [0.25, 0.3) is 5.91 Å². The summed E-state index contributed by atoms with van der Waals surface area (Å²) in [6.07, 6.45) is 2.40. The van der Waals surface area contributed by atoms with Gasteiger partial charge in [-0.25, -0.2) is 4.68 Å². The minimum atomic E-state index is -1.03. The van der Waals surface area contributed by atoms with Gasteiger partial charge in [-0.2, -0.15) is 0 Å². The molecule has 1 amide bonds. The van der Waals surface area contributed by atoms with E-state index in [1.54, 1.807) is 0 Å². The van der Waals surface area contributed by atoms with Gasteiger partial charge in [0, 0.05) is 13.1 Å². The predicted octanol–water partition coefficient (Wildman–Crippen LogP) is -0.176. The molecule has 0 aliphatic rings. The molecule has 112 valence electrons. The van der Waals surface area contributed by atoms with Gasteiger partial charge in [0.1, 0.15) is 6.54 Å². The number of nitrogens with zero attached hydrogens (tertiary/aromatic N) is 4. The van der Waals surface area contributed by atoms with E-state index in [4.69, 9.17) is 5.11 Å². The number of nitrogens with one attached hydrogen (secondary N) is 1. The zero-order chi connectivity index (χ0) is 15.0. The molecule has 1 aromatic rings. The molecule has 0 bridgehead atoms. The number of aromatic nitrogens is 3. The Morgan fingerprint density at radius 3 is 2.75 bits per heavy atom. The normalized spacial score (nSPS) is 10.8. The summed E-state index contributed by atoms with van der Waals surface area (Å²) in [4.78, 5) is 24.5. The molecule has 0 spiro atoms. The Hall–Kier alpha value is -1.96. The summed E-state index contributed by atoms with van der Waals surface area (Å²) in [7, 11) is 0. The predicted molar refractivity (Wildman–Crippen MR) is 72.4 cm³/mol. The highest BCUT2D eigenvalue weighted by Crippen LogP contribution is 1.94. The van der Waals surface area contributed by atoms with Gasteiger partial charge in [-0.1, -0.05) is 19.1 Å². The molecule has 0 saturated carbocycles. The van der Waals surface area contributed by atoms with Crippen molar-refractivity contribution in [3.8, 4) is 0 Å². The second kappa shape index (κ2) is 8.26. The first-order valence-corrected chi connectivity index (χ1v) is 6.69. The van der Waals surface area contributed by atoms with Gasteiger partial charge in [-0.05, 0) is 19.5 Å². The lowest BCUT2D eigenvalue weighted by Crippen LogP contribution is -2.35. The molecule has 0 atom stereocenters. The lowest BCUT2D eigenvalue weighted by Gasteiger charge is -2.19. The Balaban J connectivity index is 2.39.